The monoisotopic (exact) mass is 264 g/mol. The van der Waals surface area contributed by atoms with E-state index in [4.69, 9.17) is 0 Å². The van der Waals surface area contributed by atoms with Gasteiger partial charge in [0.1, 0.15) is 5.82 Å². The molecule has 18 heavy (non-hydrogen) atoms. The normalized spacial score (nSPS) is 13.9. The molecule has 0 aliphatic heterocycles. The lowest BCUT2D eigenvalue weighted by molar-refractivity contribution is 0.508. The molecule has 0 N–H and O–H groups in total. The van der Waals surface area contributed by atoms with Gasteiger partial charge in [0.2, 0.25) is 0 Å². The third kappa shape index (κ3) is 2.70. The Morgan fingerprint density at radius 1 is 1.33 bits per heavy atom. The minimum Gasteiger partial charge on any atom is -0.318 e. The minimum atomic E-state index is -0.230. The van der Waals surface area contributed by atoms with Crippen LogP contribution in [-0.4, -0.2) is 4.57 Å². The molecular weight excluding hydrogens is 247 g/mol. The summed E-state index contributed by atoms with van der Waals surface area (Å²) in [5.41, 5.74) is 2.01. The van der Waals surface area contributed by atoms with Gasteiger partial charge in [-0.2, -0.15) is 0 Å². The Balaban J connectivity index is 2.47. The molecule has 0 aliphatic carbocycles. The summed E-state index contributed by atoms with van der Waals surface area (Å²) >= 11 is 1.62. The Morgan fingerprint density at radius 3 is 2.61 bits per heavy atom. The van der Waals surface area contributed by atoms with Crippen molar-refractivity contribution in [2.75, 3.05) is 0 Å². The molecule has 0 spiro atoms. The number of halogens is 1. The number of hydrogen-bond donors (Lipinski definition) is 0. The van der Waals surface area contributed by atoms with Crippen LogP contribution < -0.4 is 4.80 Å². The van der Waals surface area contributed by atoms with E-state index in [-0.39, 0.29) is 5.82 Å². The number of aryl methyl sites for hydroxylation is 1. The van der Waals surface area contributed by atoms with E-state index in [0.29, 0.717) is 6.04 Å². The standard InChI is InChI=1S/C14H17FN2S/c1-4-10(2)17-11(3)9-18-14(17)16-13-7-5-12(15)6-8-13/h5-10H,4H2,1-3H3. The maximum Gasteiger partial charge on any atom is 0.190 e. The van der Waals surface area contributed by atoms with Crippen molar-refractivity contribution in [3.63, 3.8) is 0 Å². The Hall–Kier alpha value is -1.42. The van der Waals surface area contributed by atoms with Crippen molar-refractivity contribution in [2.24, 2.45) is 4.99 Å². The van der Waals surface area contributed by atoms with E-state index in [1.165, 1.54) is 17.8 Å². The predicted octanol–water partition coefficient (Wildman–Crippen LogP) is 4.20. The first-order valence-electron chi connectivity index (χ1n) is 6.08. The van der Waals surface area contributed by atoms with Crippen molar-refractivity contribution in [1.82, 2.24) is 4.57 Å². The first-order valence-corrected chi connectivity index (χ1v) is 6.96. The molecular formula is C14H17FN2S. The van der Waals surface area contributed by atoms with E-state index in [1.54, 1.807) is 23.5 Å². The summed E-state index contributed by atoms with van der Waals surface area (Å²) in [6.07, 6.45) is 1.06. The van der Waals surface area contributed by atoms with E-state index in [1.807, 2.05) is 0 Å². The Kier molecular flexibility index (Phi) is 3.97. The van der Waals surface area contributed by atoms with Gasteiger partial charge in [-0.25, -0.2) is 9.38 Å². The molecule has 0 radical (unpaired) electrons. The zero-order valence-electron chi connectivity index (χ0n) is 10.9. The summed E-state index contributed by atoms with van der Waals surface area (Å²) in [5.74, 6) is -0.230. The molecule has 2 nitrogen and oxygen atoms in total. The average molecular weight is 264 g/mol. The lowest BCUT2D eigenvalue weighted by atomic mass is 10.2. The van der Waals surface area contributed by atoms with Gasteiger partial charge in [0, 0.05) is 17.1 Å². The molecule has 1 heterocycles. The maximum atomic E-state index is 12.8. The van der Waals surface area contributed by atoms with Gasteiger partial charge in [-0.3, -0.25) is 0 Å². The molecule has 0 fully saturated rings. The minimum absolute atomic E-state index is 0.230. The Bertz CT molecular complexity index is 581. The quantitative estimate of drug-likeness (QED) is 0.790. The third-order valence-electron chi connectivity index (χ3n) is 3.00. The lowest BCUT2D eigenvalue weighted by Gasteiger charge is -2.13. The van der Waals surface area contributed by atoms with Crippen LogP contribution in [0.5, 0.6) is 0 Å². The molecule has 1 aromatic heterocycles. The highest BCUT2D eigenvalue weighted by molar-refractivity contribution is 7.07. The highest BCUT2D eigenvalue weighted by atomic mass is 32.1. The van der Waals surface area contributed by atoms with Crippen molar-refractivity contribution in [3.8, 4) is 0 Å². The molecule has 1 aromatic carbocycles. The van der Waals surface area contributed by atoms with E-state index in [0.717, 1.165) is 16.9 Å². The smallest absolute Gasteiger partial charge is 0.190 e. The molecule has 0 amide bonds. The average Bonchev–Trinajstić information content (AvgIpc) is 2.72. The van der Waals surface area contributed by atoms with Crippen LogP contribution in [0, 0.1) is 12.7 Å². The van der Waals surface area contributed by atoms with E-state index in [9.17, 15) is 4.39 Å². The largest absolute Gasteiger partial charge is 0.318 e. The topological polar surface area (TPSA) is 17.3 Å². The summed E-state index contributed by atoms with van der Waals surface area (Å²) in [7, 11) is 0. The molecule has 1 unspecified atom stereocenters. The first kappa shape index (κ1) is 13.0. The highest BCUT2D eigenvalue weighted by Gasteiger charge is 2.07. The fourth-order valence-corrected chi connectivity index (χ4v) is 2.81. The number of aromatic nitrogens is 1. The number of benzene rings is 1. The van der Waals surface area contributed by atoms with Crippen LogP contribution in [0.3, 0.4) is 0 Å². The number of nitrogens with zero attached hydrogens (tertiary/aromatic N) is 2. The van der Waals surface area contributed by atoms with E-state index in [2.05, 4.69) is 35.7 Å². The zero-order chi connectivity index (χ0) is 13.1. The molecule has 4 heteroatoms. The fourth-order valence-electron chi connectivity index (χ4n) is 1.83. The second-order valence-electron chi connectivity index (χ2n) is 4.38. The second kappa shape index (κ2) is 5.48. The molecule has 1 atom stereocenters. The summed E-state index contributed by atoms with van der Waals surface area (Å²) in [4.78, 5) is 5.55. The van der Waals surface area contributed by atoms with Gasteiger partial charge in [-0.15, -0.1) is 11.3 Å². The fraction of sp³-hybridized carbons (Fsp3) is 0.357. The highest BCUT2D eigenvalue weighted by Crippen LogP contribution is 2.15. The second-order valence-corrected chi connectivity index (χ2v) is 5.21. The van der Waals surface area contributed by atoms with Crippen molar-refractivity contribution < 1.29 is 4.39 Å². The van der Waals surface area contributed by atoms with Gasteiger partial charge in [-0.1, -0.05) is 6.92 Å². The van der Waals surface area contributed by atoms with E-state index >= 15 is 0 Å². The summed E-state index contributed by atoms with van der Waals surface area (Å²) < 4.78 is 15.1. The van der Waals surface area contributed by atoms with Gasteiger partial charge in [0.15, 0.2) is 4.80 Å². The SMILES string of the molecule is CCC(C)n1c(C)csc1=Nc1ccc(F)cc1. The van der Waals surface area contributed by atoms with E-state index < -0.39 is 0 Å². The van der Waals surface area contributed by atoms with Crippen molar-refractivity contribution in [2.45, 2.75) is 33.2 Å². The molecule has 0 aliphatic rings. The molecule has 96 valence electrons. The summed E-state index contributed by atoms with van der Waals surface area (Å²) in [6, 6.07) is 6.70. The van der Waals surface area contributed by atoms with Crippen LogP contribution in [0.15, 0.2) is 34.6 Å². The summed E-state index contributed by atoms with van der Waals surface area (Å²) in [6.45, 7) is 6.44. The molecule has 2 aromatic rings. The Morgan fingerprint density at radius 2 is 2.00 bits per heavy atom. The van der Waals surface area contributed by atoms with Crippen LogP contribution >= 0.6 is 11.3 Å². The zero-order valence-corrected chi connectivity index (χ0v) is 11.7. The van der Waals surface area contributed by atoms with Crippen LogP contribution in [-0.2, 0) is 0 Å². The maximum absolute atomic E-state index is 12.8. The van der Waals surface area contributed by atoms with Gasteiger partial charge in [0.25, 0.3) is 0 Å². The number of thiazole rings is 1. The van der Waals surface area contributed by atoms with Crippen LogP contribution in [0.4, 0.5) is 10.1 Å². The number of hydrogen-bond acceptors (Lipinski definition) is 2. The molecule has 0 saturated heterocycles. The van der Waals surface area contributed by atoms with Crippen molar-refractivity contribution in [3.05, 3.63) is 46.0 Å². The van der Waals surface area contributed by atoms with Crippen LogP contribution in [0.1, 0.15) is 32.0 Å². The van der Waals surface area contributed by atoms with Crippen LogP contribution in [0.25, 0.3) is 0 Å². The van der Waals surface area contributed by atoms with Gasteiger partial charge < -0.3 is 4.57 Å². The predicted molar refractivity (Wildman–Crippen MR) is 73.7 cm³/mol. The third-order valence-corrected chi connectivity index (χ3v) is 3.96. The molecule has 0 saturated carbocycles. The molecule has 0 bridgehead atoms. The van der Waals surface area contributed by atoms with Crippen molar-refractivity contribution in [1.29, 1.82) is 0 Å². The number of rotatable bonds is 3. The molecule has 2 rings (SSSR count). The van der Waals surface area contributed by atoms with Crippen LogP contribution in [0.2, 0.25) is 0 Å². The Labute approximate surface area is 110 Å². The van der Waals surface area contributed by atoms with Gasteiger partial charge in [0.05, 0.1) is 5.69 Å². The van der Waals surface area contributed by atoms with Gasteiger partial charge in [-0.05, 0) is 44.5 Å². The van der Waals surface area contributed by atoms with Crippen molar-refractivity contribution >= 4 is 17.0 Å². The van der Waals surface area contributed by atoms with Gasteiger partial charge >= 0.3 is 0 Å². The summed E-state index contributed by atoms with van der Waals surface area (Å²) in [5, 5.41) is 2.11. The lowest BCUT2D eigenvalue weighted by Crippen LogP contribution is -2.19. The first-order chi connectivity index (χ1) is 8.61.